The molecule has 6 nitrogen and oxygen atoms in total. The first kappa shape index (κ1) is 24.1. The number of nitriles is 1. The summed E-state index contributed by atoms with van der Waals surface area (Å²) in [6, 6.07) is 18.3. The molecule has 0 saturated heterocycles. The lowest BCUT2D eigenvalue weighted by Gasteiger charge is -2.27. The van der Waals surface area contributed by atoms with E-state index in [4.69, 9.17) is 31.5 Å². The molecule has 0 fully saturated rings. The lowest BCUT2D eigenvalue weighted by molar-refractivity contribution is -0.136. The zero-order chi connectivity index (χ0) is 25.1. The molecule has 35 heavy (non-hydrogen) atoms. The highest BCUT2D eigenvalue weighted by Gasteiger charge is 2.34. The van der Waals surface area contributed by atoms with Crippen molar-refractivity contribution in [2.24, 2.45) is 5.73 Å². The van der Waals surface area contributed by atoms with Crippen molar-refractivity contribution in [1.82, 2.24) is 0 Å². The number of nitrogens with zero attached hydrogens (tertiary/aromatic N) is 1. The number of hydrogen-bond acceptors (Lipinski definition) is 6. The Bertz CT molecular complexity index is 1330. The number of nitrogens with two attached hydrogens (primary N) is 1. The predicted molar refractivity (Wildman–Crippen MR) is 129 cm³/mol. The van der Waals surface area contributed by atoms with Crippen LogP contribution in [0.15, 0.2) is 72.1 Å². The van der Waals surface area contributed by atoms with Crippen molar-refractivity contribution in [3.05, 3.63) is 99.7 Å². The molecule has 2 N–H and O–H groups in total. The fourth-order valence-electron chi connectivity index (χ4n) is 3.83. The van der Waals surface area contributed by atoms with Gasteiger partial charge in [-0.1, -0.05) is 49.7 Å². The van der Waals surface area contributed by atoms with Crippen molar-refractivity contribution in [2.45, 2.75) is 25.7 Å². The molecule has 0 aliphatic carbocycles. The number of benzene rings is 3. The van der Waals surface area contributed by atoms with Gasteiger partial charge in [-0.05, 0) is 41.8 Å². The molecule has 0 saturated carbocycles. The molecule has 0 amide bonds. The van der Waals surface area contributed by atoms with Crippen molar-refractivity contribution in [3.8, 4) is 23.3 Å². The van der Waals surface area contributed by atoms with Crippen LogP contribution in [0.3, 0.4) is 0 Å². The highest BCUT2D eigenvalue weighted by atomic mass is 35.5. The van der Waals surface area contributed by atoms with Crippen LogP contribution in [0, 0.1) is 17.1 Å². The highest BCUT2D eigenvalue weighted by Crippen LogP contribution is 2.46. The lowest BCUT2D eigenvalue weighted by Crippen LogP contribution is -2.22. The summed E-state index contributed by atoms with van der Waals surface area (Å²) in [5.41, 5.74) is 7.74. The maximum absolute atomic E-state index is 14.7. The van der Waals surface area contributed by atoms with E-state index in [1.807, 2.05) is 18.2 Å². The van der Waals surface area contributed by atoms with Crippen LogP contribution in [0.4, 0.5) is 4.39 Å². The summed E-state index contributed by atoms with van der Waals surface area (Å²) in [6.45, 7) is 3.88. The number of esters is 1. The number of halogens is 2. The Kier molecular flexibility index (Phi) is 6.94. The van der Waals surface area contributed by atoms with Gasteiger partial charge in [-0.2, -0.15) is 5.26 Å². The third-order valence-corrected chi connectivity index (χ3v) is 5.94. The standard InChI is InChI=1S/C27H22ClFN2O4/c1-15(2)16-6-8-17(9-7-16)33-14-24(32)34-18-10-11-19-23(12-18)35-27(31)20(13-30)25(19)26-21(28)4-3-5-22(26)29/h3-12,15,25H,14,31H2,1-2H3. The van der Waals surface area contributed by atoms with Crippen LogP contribution in [-0.2, 0) is 4.79 Å². The van der Waals surface area contributed by atoms with Crippen molar-refractivity contribution in [1.29, 1.82) is 5.26 Å². The zero-order valence-corrected chi connectivity index (χ0v) is 19.8. The molecule has 3 aromatic rings. The highest BCUT2D eigenvalue weighted by molar-refractivity contribution is 6.31. The summed E-state index contributed by atoms with van der Waals surface area (Å²) in [7, 11) is 0. The molecular formula is C27H22ClFN2O4. The van der Waals surface area contributed by atoms with E-state index >= 15 is 0 Å². The molecule has 3 aromatic carbocycles. The maximum Gasteiger partial charge on any atom is 0.349 e. The van der Waals surface area contributed by atoms with Crippen LogP contribution in [0.25, 0.3) is 0 Å². The van der Waals surface area contributed by atoms with E-state index in [0.717, 1.165) is 5.56 Å². The minimum absolute atomic E-state index is 0.0335. The van der Waals surface area contributed by atoms with Crippen molar-refractivity contribution in [2.75, 3.05) is 6.61 Å². The van der Waals surface area contributed by atoms with Gasteiger partial charge >= 0.3 is 5.97 Å². The van der Waals surface area contributed by atoms with Crippen LogP contribution in [0.5, 0.6) is 17.2 Å². The minimum Gasteiger partial charge on any atom is -0.482 e. The molecule has 8 heteroatoms. The fourth-order valence-corrected chi connectivity index (χ4v) is 4.11. The third kappa shape index (κ3) is 5.08. The molecule has 1 aliphatic heterocycles. The molecule has 178 valence electrons. The Morgan fingerprint density at radius 2 is 1.89 bits per heavy atom. The van der Waals surface area contributed by atoms with E-state index in [1.165, 1.54) is 30.3 Å². The molecular weight excluding hydrogens is 471 g/mol. The van der Waals surface area contributed by atoms with E-state index in [0.29, 0.717) is 17.2 Å². The number of hydrogen-bond donors (Lipinski definition) is 1. The Morgan fingerprint density at radius 3 is 2.54 bits per heavy atom. The second-order valence-electron chi connectivity index (χ2n) is 8.25. The van der Waals surface area contributed by atoms with Gasteiger partial charge in [0.2, 0.25) is 5.88 Å². The summed E-state index contributed by atoms with van der Waals surface area (Å²) in [5.74, 6) is -0.914. The summed E-state index contributed by atoms with van der Waals surface area (Å²) >= 11 is 6.27. The quantitative estimate of drug-likeness (QED) is 0.345. The summed E-state index contributed by atoms with van der Waals surface area (Å²) in [5, 5.41) is 9.80. The van der Waals surface area contributed by atoms with Crippen molar-refractivity contribution >= 4 is 17.6 Å². The first-order valence-corrected chi connectivity index (χ1v) is 11.2. The van der Waals surface area contributed by atoms with Crippen LogP contribution >= 0.6 is 11.6 Å². The van der Waals surface area contributed by atoms with Crippen LogP contribution in [0.1, 0.15) is 42.4 Å². The lowest BCUT2D eigenvalue weighted by atomic mass is 9.83. The van der Waals surface area contributed by atoms with Gasteiger partial charge in [0.15, 0.2) is 6.61 Å². The average Bonchev–Trinajstić information content (AvgIpc) is 2.82. The van der Waals surface area contributed by atoms with Gasteiger partial charge in [-0.15, -0.1) is 0 Å². The number of carbonyl (C=O) groups is 1. The second-order valence-corrected chi connectivity index (χ2v) is 8.65. The summed E-state index contributed by atoms with van der Waals surface area (Å²) < 4.78 is 31.2. The molecule has 1 unspecified atom stereocenters. The normalized spacial score (nSPS) is 14.7. The molecule has 0 bridgehead atoms. The van der Waals surface area contributed by atoms with Gasteiger partial charge in [-0.25, -0.2) is 9.18 Å². The number of ether oxygens (including phenoxy) is 3. The third-order valence-electron chi connectivity index (χ3n) is 5.61. The number of rotatable bonds is 6. The molecule has 1 aliphatic rings. The van der Waals surface area contributed by atoms with Gasteiger partial charge in [0, 0.05) is 22.2 Å². The summed E-state index contributed by atoms with van der Waals surface area (Å²) in [6.07, 6.45) is 0. The first-order valence-electron chi connectivity index (χ1n) is 10.9. The molecule has 4 rings (SSSR count). The van der Waals surface area contributed by atoms with Gasteiger partial charge in [0.05, 0.1) is 5.92 Å². The second kappa shape index (κ2) is 10.1. The SMILES string of the molecule is CC(C)c1ccc(OCC(=O)Oc2ccc3c(c2)OC(N)=C(C#N)C3c2c(F)cccc2Cl)cc1. The van der Waals surface area contributed by atoms with Crippen LogP contribution < -0.4 is 19.9 Å². The Hall–Kier alpha value is -4.02. The van der Waals surface area contributed by atoms with E-state index in [9.17, 15) is 14.4 Å². The van der Waals surface area contributed by atoms with Gasteiger partial charge in [0.1, 0.15) is 34.7 Å². The van der Waals surface area contributed by atoms with E-state index in [-0.39, 0.29) is 40.1 Å². The first-order chi connectivity index (χ1) is 16.8. The number of allylic oxidation sites excluding steroid dienone is 1. The number of fused-ring (bicyclic) bond motifs is 1. The molecule has 0 spiro atoms. The monoisotopic (exact) mass is 492 g/mol. The molecule has 1 heterocycles. The Balaban J connectivity index is 1.53. The Labute approximate surface area is 207 Å². The van der Waals surface area contributed by atoms with Crippen LogP contribution in [-0.4, -0.2) is 12.6 Å². The smallest absolute Gasteiger partial charge is 0.349 e. The topological polar surface area (TPSA) is 94.6 Å². The van der Waals surface area contributed by atoms with E-state index in [1.54, 1.807) is 18.2 Å². The van der Waals surface area contributed by atoms with Crippen LogP contribution in [0.2, 0.25) is 5.02 Å². The molecule has 1 atom stereocenters. The Morgan fingerprint density at radius 1 is 1.17 bits per heavy atom. The van der Waals surface area contributed by atoms with Crippen molar-refractivity contribution in [3.63, 3.8) is 0 Å². The van der Waals surface area contributed by atoms with Gasteiger partial charge in [0.25, 0.3) is 0 Å². The molecule has 0 aromatic heterocycles. The fraction of sp³-hybridized carbons (Fsp3) is 0.185. The van der Waals surface area contributed by atoms with E-state index in [2.05, 4.69) is 13.8 Å². The predicted octanol–water partition coefficient (Wildman–Crippen LogP) is 5.81. The zero-order valence-electron chi connectivity index (χ0n) is 19.0. The largest absolute Gasteiger partial charge is 0.482 e. The summed E-state index contributed by atoms with van der Waals surface area (Å²) in [4.78, 5) is 12.3. The average molecular weight is 493 g/mol. The number of carbonyl (C=O) groups excluding carboxylic acids is 1. The van der Waals surface area contributed by atoms with Crippen molar-refractivity contribution < 1.29 is 23.4 Å². The van der Waals surface area contributed by atoms with E-state index < -0.39 is 17.7 Å². The maximum atomic E-state index is 14.7. The minimum atomic E-state index is -0.876. The van der Waals surface area contributed by atoms with Gasteiger partial charge in [-0.3, -0.25) is 0 Å². The van der Waals surface area contributed by atoms with Gasteiger partial charge < -0.3 is 19.9 Å². The molecule has 0 radical (unpaired) electrons.